The van der Waals surface area contributed by atoms with Gasteiger partial charge in [-0.05, 0) is 36.1 Å². The van der Waals surface area contributed by atoms with Gasteiger partial charge in [0.15, 0.2) is 0 Å². The van der Waals surface area contributed by atoms with Gasteiger partial charge in [-0.15, -0.1) is 0 Å². The zero-order valence-electron chi connectivity index (χ0n) is 9.17. The van der Waals surface area contributed by atoms with Crippen LogP contribution in [0.5, 0.6) is 0 Å². The van der Waals surface area contributed by atoms with Gasteiger partial charge >= 0.3 is 0 Å². The number of rotatable bonds is 1. The predicted octanol–water partition coefficient (Wildman–Crippen LogP) is 1.23. The molecule has 1 aliphatic rings. The predicted molar refractivity (Wildman–Crippen MR) is 62.1 cm³/mol. The largest absolute Gasteiger partial charge is 0.378 e. The van der Waals surface area contributed by atoms with Gasteiger partial charge in [0.05, 0.1) is 17.1 Å². The molecule has 0 spiro atoms. The van der Waals surface area contributed by atoms with Gasteiger partial charge in [-0.25, -0.2) is 0 Å². The molecular weight excluding hydrogens is 214 g/mol. The van der Waals surface area contributed by atoms with Crippen LogP contribution >= 0.6 is 0 Å². The van der Waals surface area contributed by atoms with E-state index in [0.717, 1.165) is 23.9 Å². The molecule has 3 rings (SSSR count). The molecule has 1 N–H and O–H groups in total. The van der Waals surface area contributed by atoms with E-state index in [-0.39, 0.29) is 5.92 Å². The molecule has 4 nitrogen and oxygen atoms in total. The highest BCUT2D eigenvalue weighted by Crippen LogP contribution is 2.31. The van der Waals surface area contributed by atoms with Crippen LogP contribution in [0.2, 0.25) is 0 Å². The molecule has 4 heteroatoms. The minimum absolute atomic E-state index is 0.00631. The molecule has 0 amide bonds. The molecule has 0 saturated carbocycles. The summed E-state index contributed by atoms with van der Waals surface area (Å²) in [6.45, 7) is 0. The number of nitriles is 1. The third-order valence-corrected chi connectivity index (χ3v) is 3.33. The van der Waals surface area contributed by atoms with Crippen LogP contribution in [0.1, 0.15) is 11.1 Å². The number of fused-ring (bicyclic) bond motifs is 2. The van der Waals surface area contributed by atoms with Crippen LogP contribution in [-0.4, -0.2) is 21.2 Å². The average molecular weight is 225 g/mol. The van der Waals surface area contributed by atoms with Crippen molar-refractivity contribution in [1.29, 1.82) is 5.26 Å². The Hall–Kier alpha value is -1.99. The second kappa shape index (κ2) is 3.79. The van der Waals surface area contributed by atoms with Crippen LogP contribution in [0, 0.1) is 17.2 Å². The number of aliphatic hydroxyl groups is 1. The first kappa shape index (κ1) is 10.2. The van der Waals surface area contributed by atoms with Crippen LogP contribution in [-0.2, 0) is 12.8 Å². The maximum Gasteiger partial charge on any atom is 0.143 e. The Labute approximate surface area is 98.6 Å². The van der Waals surface area contributed by atoms with Crippen molar-refractivity contribution in [3.63, 3.8) is 0 Å². The summed E-state index contributed by atoms with van der Waals surface area (Å²) in [5.41, 5.74) is 4.10. The molecule has 1 aromatic carbocycles. The van der Waals surface area contributed by atoms with Crippen molar-refractivity contribution in [2.75, 3.05) is 0 Å². The summed E-state index contributed by atoms with van der Waals surface area (Å²) < 4.78 is 0. The Morgan fingerprint density at radius 3 is 2.18 bits per heavy atom. The highest BCUT2D eigenvalue weighted by molar-refractivity contribution is 5.76. The van der Waals surface area contributed by atoms with E-state index in [1.807, 2.05) is 18.2 Å². The molecule has 0 fully saturated rings. The summed E-state index contributed by atoms with van der Waals surface area (Å²) in [7, 11) is 0. The first-order valence-corrected chi connectivity index (χ1v) is 5.58. The normalized spacial score (nSPS) is 16.7. The Balaban J connectivity index is 2.03. The Morgan fingerprint density at radius 2 is 1.71 bits per heavy atom. The fourth-order valence-corrected chi connectivity index (χ4v) is 2.44. The van der Waals surface area contributed by atoms with Crippen molar-refractivity contribution in [2.24, 2.45) is 5.92 Å². The van der Waals surface area contributed by atoms with E-state index < -0.39 is 6.10 Å². The summed E-state index contributed by atoms with van der Waals surface area (Å²) >= 11 is 0. The summed E-state index contributed by atoms with van der Waals surface area (Å²) in [5.74, 6) is 0.00631. The van der Waals surface area contributed by atoms with Gasteiger partial charge in [0.25, 0.3) is 0 Å². The number of nitrogens with zero attached hydrogens (tertiary/aromatic N) is 3. The molecule has 0 aliphatic heterocycles. The molecule has 17 heavy (non-hydrogen) atoms. The molecule has 1 heterocycles. The van der Waals surface area contributed by atoms with Crippen molar-refractivity contribution < 1.29 is 5.11 Å². The van der Waals surface area contributed by atoms with Crippen molar-refractivity contribution in [1.82, 2.24) is 9.97 Å². The number of benzene rings is 1. The highest BCUT2D eigenvalue weighted by atomic mass is 16.3. The summed E-state index contributed by atoms with van der Waals surface area (Å²) in [4.78, 5) is 8.52. The minimum Gasteiger partial charge on any atom is -0.378 e. The lowest BCUT2D eigenvalue weighted by molar-refractivity contribution is 0.164. The standard InChI is InChI=1S/C13H11N3O/c14-7-13(17)10-3-8-5-11-12(6-9(8)4-10)16-2-1-15-11/h1-2,5-6,10,13,17H,3-4H2. The van der Waals surface area contributed by atoms with Gasteiger partial charge in [-0.2, -0.15) is 5.26 Å². The van der Waals surface area contributed by atoms with E-state index in [1.54, 1.807) is 12.4 Å². The lowest BCUT2D eigenvalue weighted by atomic mass is 10.0. The first-order chi connectivity index (χ1) is 8.28. The second-order valence-corrected chi connectivity index (χ2v) is 4.41. The van der Waals surface area contributed by atoms with Gasteiger partial charge in [-0.1, -0.05) is 0 Å². The van der Waals surface area contributed by atoms with Crippen LogP contribution in [0.4, 0.5) is 0 Å². The lowest BCUT2D eigenvalue weighted by Gasteiger charge is -2.08. The Kier molecular flexibility index (Phi) is 2.27. The average Bonchev–Trinajstić information content (AvgIpc) is 2.77. The van der Waals surface area contributed by atoms with E-state index in [1.165, 1.54) is 11.1 Å². The van der Waals surface area contributed by atoms with E-state index in [0.29, 0.717) is 0 Å². The summed E-state index contributed by atoms with van der Waals surface area (Å²) in [6, 6.07) is 5.94. The number of aromatic nitrogens is 2. The van der Waals surface area contributed by atoms with E-state index in [2.05, 4.69) is 9.97 Å². The monoisotopic (exact) mass is 225 g/mol. The van der Waals surface area contributed by atoms with Crippen LogP contribution in [0.25, 0.3) is 11.0 Å². The summed E-state index contributed by atoms with van der Waals surface area (Å²) in [6.07, 6.45) is 3.95. The molecule has 0 radical (unpaired) electrons. The second-order valence-electron chi connectivity index (χ2n) is 4.41. The molecule has 0 saturated heterocycles. The van der Waals surface area contributed by atoms with Crippen LogP contribution < -0.4 is 0 Å². The zero-order valence-corrected chi connectivity index (χ0v) is 9.17. The zero-order chi connectivity index (χ0) is 11.8. The minimum atomic E-state index is -0.883. The topological polar surface area (TPSA) is 69.8 Å². The maximum absolute atomic E-state index is 9.57. The number of hydrogen-bond donors (Lipinski definition) is 1. The van der Waals surface area contributed by atoms with Crippen molar-refractivity contribution in [2.45, 2.75) is 18.9 Å². The molecule has 0 bridgehead atoms. The SMILES string of the molecule is N#CC(O)C1Cc2cc3nccnc3cc2C1. The Morgan fingerprint density at radius 1 is 1.18 bits per heavy atom. The van der Waals surface area contributed by atoms with Crippen molar-refractivity contribution in [3.8, 4) is 6.07 Å². The smallest absolute Gasteiger partial charge is 0.143 e. The fraction of sp³-hybridized carbons (Fsp3) is 0.308. The van der Waals surface area contributed by atoms with Crippen molar-refractivity contribution in [3.05, 3.63) is 35.7 Å². The molecule has 1 unspecified atom stereocenters. The van der Waals surface area contributed by atoms with Gasteiger partial charge in [-0.3, -0.25) is 9.97 Å². The van der Waals surface area contributed by atoms with Crippen molar-refractivity contribution >= 4 is 11.0 Å². The molecule has 1 aromatic heterocycles. The molecule has 1 atom stereocenters. The molecule has 84 valence electrons. The van der Waals surface area contributed by atoms with Gasteiger partial charge in [0.1, 0.15) is 6.10 Å². The maximum atomic E-state index is 9.57. The quantitative estimate of drug-likeness (QED) is 0.741. The molecule has 2 aromatic rings. The third-order valence-electron chi connectivity index (χ3n) is 3.33. The summed E-state index contributed by atoms with van der Waals surface area (Å²) in [5, 5.41) is 18.3. The van der Waals surface area contributed by atoms with Gasteiger partial charge in [0, 0.05) is 18.3 Å². The van der Waals surface area contributed by atoms with E-state index >= 15 is 0 Å². The lowest BCUT2D eigenvalue weighted by Crippen LogP contribution is -2.18. The number of hydrogen-bond acceptors (Lipinski definition) is 4. The molecular formula is C13H11N3O. The molecule has 1 aliphatic carbocycles. The van der Waals surface area contributed by atoms with Gasteiger partial charge < -0.3 is 5.11 Å². The third kappa shape index (κ3) is 1.65. The number of aliphatic hydroxyl groups excluding tert-OH is 1. The van der Waals surface area contributed by atoms with Crippen LogP contribution in [0.15, 0.2) is 24.5 Å². The van der Waals surface area contributed by atoms with Gasteiger partial charge in [0.2, 0.25) is 0 Å². The van der Waals surface area contributed by atoms with Crippen LogP contribution in [0.3, 0.4) is 0 Å². The fourth-order valence-electron chi connectivity index (χ4n) is 2.44. The Bertz CT molecular complexity index is 573. The highest BCUT2D eigenvalue weighted by Gasteiger charge is 2.27. The first-order valence-electron chi connectivity index (χ1n) is 5.58. The van der Waals surface area contributed by atoms with E-state index in [9.17, 15) is 5.11 Å². The van der Waals surface area contributed by atoms with E-state index in [4.69, 9.17) is 5.26 Å².